The molecule has 0 spiro atoms. The molecular formula is C27H8F12. The van der Waals surface area contributed by atoms with Gasteiger partial charge in [0, 0.05) is 17.2 Å². The Morgan fingerprint density at radius 1 is 0.410 bits per heavy atom. The van der Waals surface area contributed by atoms with Crippen molar-refractivity contribution in [2.24, 2.45) is 0 Å². The topological polar surface area (TPSA) is 0 Å². The van der Waals surface area contributed by atoms with Gasteiger partial charge in [0.05, 0.1) is 11.1 Å². The monoisotopic (exact) mass is 560 g/mol. The van der Waals surface area contributed by atoms with Crippen LogP contribution in [0.2, 0.25) is 0 Å². The van der Waals surface area contributed by atoms with Gasteiger partial charge in [-0.25, -0.2) is 39.5 Å². The van der Waals surface area contributed by atoms with Crippen molar-refractivity contribution in [1.29, 1.82) is 0 Å². The summed E-state index contributed by atoms with van der Waals surface area (Å²) in [4.78, 5) is 0. The van der Waals surface area contributed by atoms with Crippen LogP contribution in [0.5, 0.6) is 0 Å². The molecule has 0 aliphatic rings. The van der Waals surface area contributed by atoms with Crippen molar-refractivity contribution in [3.05, 3.63) is 106 Å². The molecule has 5 rings (SSSR count). The van der Waals surface area contributed by atoms with Crippen LogP contribution in [-0.4, -0.2) is 0 Å². The summed E-state index contributed by atoms with van der Waals surface area (Å²) in [6, 6.07) is 6.41. The summed E-state index contributed by atoms with van der Waals surface area (Å²) in [6.45, 7) is 0. The average Bonchev–Trinajstić information content (AvgIpc) is 2.86. The van der Waals surface area contributed by atoms with Crippen LogP contribution in [0, 0.1) is 52.4 Å². The SMILES string of the molecule is Fc1ccc2c(-c3c(F)c(F)cc(F)c3F)c3ccccc3c(-c3c(F)c(F)c(C(F)(F)F)c(F)c3F)c2c1. The summed E-state index contributed by atoms with van der Waals surface area (Å²) in [7, 11) is 0. The second-order valence-corrected chi connectivity index (χ2v) is 8.33. The normalized spacial score (nSPS) is 12.1. The third-order valence-corrected chi connectivity index (χ3v) is 6.14. The summed E-state index contributed by atoms with van der Waals surface area (Å²) < 4.78 is 171. The van der Waals surface area contributed by atoms with Gasteiger partial charge in [-0.1, -0.05) is 30.3 Å². The molecule has 0 unspecified atom stereocenters. The Labute approximate surface area is 209 Å². The van der Waals surface area contributed by atoms with E-state index in [1.54, 1.807) is 0 Å². The van der Waals surface area contributed by atoms with Gasteiger partial charge in [-0.05, 0) is 33.7 Å². The lowest BCUT2D eigenvalue weighted by atomic mass is 9.85. The number of hydrogen-bond donors (Lipinski definition) is 0. The lowest BCUT2D eigenvalue weighted by Crippen LogP contribution is -2.16. The predicted octanol–water partition coefficient (Wildman–Crippen LogP) is 9.60. The van der Waals surface area contributed by atoms with Gasteiger partial charge in [0.2, 0.25) is 0 Å². The van der Waals surface area contributed by atoms with Gasteiger partial charge < -0.3 is 0 Å². The Bertz CT molecular complexity index is 1780. The molecule has 5 aromatic carbocycles. The first-order valence-electron chi connectivity index (χ1n) is 10.7. The van der Waals surface area contributed by atoms with Crippen LogP contribution in [-0.2, 0) is 6.18 Å². The summed E-state index contributed by atoms with van der Waals surface area (Å²) in [5.74, 6) is -19.1. The Hall–Kier alpha value is -4.22. The molecule has 0 saturated heterocycles. The van der Waals surface area contributed by atoms with E-state index in [0.717, 1.165) is 18.2 Å². The fourth-order valence-electron chi connectivity index (χ4n) is 4.58. The smallest absolute Gasteiger partial charge is 0.207 e. The molecule has 0 amide bonds. The van der Waals surface area contributed by atoms with Crippen LogP contribution < -0.4 is 0 Å². The highest BCUT2D eigenvalue weighted by molar-refractivity contribution is 6.21. The molecule has 0 saturated carbocycles. The van der Waals surface area contributed by atoms with Crippen LogP contribution in [0.3, 0.4) is 0 Å². The second kappa shape index (κ2) is 8.92. The molecule has 0 aromatic heterocycles. The van der Waals surface area contributed by atoms with Gasteiger partial charge in [0.25, 0.3) is 0 Å². The standard InChI is InChI=1S/C27H8F12/c28-9-5-6-12-13(7-9)17(19-23(33)25(35)20(27(37,38)39)26(36)24(19)34)11-4-2-1-3-10(11)16(12)18-21(31)14(29)8-15(30)22(18)32/h1-8H. The maximum absolute atomic E-state index is 15.1. The van der Waals surface area contributed by atoms with E-state index in [1.165, 1.54) is 12.1 Å². The number of halogens is 12. The van der Waals surface area contributed by atoms with Crippen molar-refractivity contribution >= 4 is 21.5 Å². The molecule has 0 nitrogen and oxygen atoms in total. The number of rotatable bonds is 2. The largest absolute Gasteiger partial charge is 0.422 e. The summed E-state index contributed by atoms with van der Waals surface area (Å²) >= 11 is 0. The summed E-state index contributed by atoms with van der Waals surface area (Å²) in [6.07, 6.45) is -5.84. The van der Waals surface area contributed by atoms with E-state index in [9.17, 15) is 43.9 Å². The molecule has 0 aliphatic heterocycles. The Kier molecular flexibility index (Phi) is 6.04. The summed E-state index contributed by atoms with van der Waals surface area (Å²) in [5, 5.41) is -2.09. The third kappa shape index (κ3) is 3.88. The molecule has 0 N–H and O–H groups in total. The quantitative estimate of drug-likeness (QED) is 0.115. The second-order valence-electron chi connectivity index (χ2n) is 8.33. The van der Waals surface area contributed by atoms with Gasteiger partial charge in [-0.2, -0.15) is 13.2 Å². The minimum absolute atomic E-state index is 0.0783. The van der Waals surface area contributed by atoms with Crippen molar-refractivity contribution in [2.75, 3.05) is 0 Å². The highest BCUT2D eigenvalue weighted by Crippen LogP contribution is 2.48. The van der Waals surface area contributed by atoms with Crippen molar-refractivity contribution in [3.8, 4) is 22.3 Å². The molecule has 0 fully saturated rings. The maximum atomic E-state index is 15.1. The first kappa shape index (κ1) is 26.4. The average molecular weight is 560 g/mol. The Morgan fingerprint density at radius 3 is 1.33 bits per heavy atom. The van der Waals surface area contributed by atoms with E-state index in [0.29, 0.717) is 12.1 Å². The van der Waals surface area contributed by atoms with Crippen molar-refractivity contribution in [3.63, 3.8) is 0 Å². The molecular weight excluding hydrogens is 552 g/mol. The fourth-order valence-corrected chi connectivity index (χ4v) is 4.58. The highest BCUT2D eigenvalue weighted by atomic mass is 19.4. The first-order valence-corrected chi connectivity index (χ1v) is 10.7. The van der Waals surface area contributed by atoms with Crippen LogP contribution >= 0.6 is 0 Å². The highest BCUT2D eigenvalue weighted by Gasteiger charge is 2.43. The van der Waals surface area contributed by atoms with E-state index in [2.05, 4.69) is 0 Å². The number of hydrogen-bond acceptors (Lipinski definition) is 0. The molecule has 0 heterocycles. The van der Waals surface area contributed by atoms with Gasteiger partial charge >= 0.3 is 6.18 Å². The Balaban J connectivity index is 2.07. The van der Waals surface area contributed by atoms with E-state index in [1.807, 2.05) is 0 Å². The van der Waals surface area contributed by atoms with E-state index >= 15 is 8.78 Å². The first-order chi connectivity index (χ1) is 18.3. The van der Waals surface area contributed by atoms with Crippen molar-refractivity contribution in [1.82, 2.24) is 0 Å². The third-order valence-electron chi connectivity index (χ3n) is 6.14. The zero-order valence-corrected chi connectivity index (χ0v) is 18.7. The van der Waals surface area contributed by atoms with Crippen molar-refractivity contribution in [2.45, 2.75) is 6.18 Å². The van der Waals surface area contributed by atoms with Crippen LogP contribution in [0.15, 0.2) is 48.5 Å². The minimum Gasteiger partial charge on any atom is -0.207 e. The lowest BCUT2D eigenvalue weighted by Gasteiger charge is -2.20. The fraction of sp³-hybridized carbons (Fsp3) is 0.0370. The molecule has 0 bridgehead atoms. The van der Waals surface area contributed by atoms with E-state index in [-0.39, 0.29) is 6.07 Å². The molecule has 0 aliphatic carbocycles. The number of fused-ring (bicyclic) bond motifs is 2. The van der Waals surface area contributed by atoms with Gasteiger partial charge in [0.1, 0.15) is 11.4 Å². The van der Waals surface area contributed by atoms with Gasteiger partial charge in [-0.15, -0.1) is 0 Å². The van der Waals surface area contributed by atoms with E-state index in [4.69, 9.17) is 0 Å². The van der Waals surface area contributed by atoms with Gasteiger partial charge in [-0.3, -0.25) is 0 Å². The minimum atomic E-state index is -5.84. The zero-order valence-electron chi connectivity index (χ0n) is 18.7. The summed E-state index contributed by atoms with van der Waals surface area (Å²) in [5.41, 5.74) is -7.34. The van der Waals surface area contributed by atoms with Gasteiger partial charge in [0.15, 0.2) is 46.5 Å². The molecule has 12 heteroatoms. The van der Waals surface area contributed by atoms with Crippen LogP contribution in [0.25, 0.3) is 43.8 Å². The molecule has 200 valence electrons. The number of benzene rings is 5. The Morgan fingerprint density at radius 2 is 0.846 bits per heavy atom. The van der Waals surface area contributed by atoms with Crippen LogP contribution in [0.4, 0.5) is 52.7 Å². The maximum Gasteiger partial charge on any atom is 0.422 e. The predicted molar refractivity (Wildman–Crippen MR) is 117 cm³/mol. The van der Waals surface area contributed by atoms with Crippen molar-refractivity contribution < 1.29 is 52.7 Å². The molecule has 5 aromatic rings. The van der Waals surface area contributed by atoms with E-state index < -0.39 is 108 Å². The molecule has 0 atom stereocenters. The number of alkyl halides is 3. The van der Waals surface area contributed by atoms with Crippen LogP contribution in [0.1, 0.15) is 5.56 Å². The molecule has 39 heavy (non-hydrogen) atoms. The zero-order chi connectivity index (χ0) is 28.5. The molecule has 0 radical (unpaired) electrons. The lowest BCUT2D eigenvalue weighted by molar-refractivity contribution is -0.143.